The maximum absolute atomic E-state index is 13.6. The molecule has 182 valence electrons. The Kier molecular flexibility index (Phi) is 8.46. The number of fused-ring (bicyclic) bond motifs is 1. The van der Waals surface area contributed by atoms with E-state index < -0.39 is 0 Å². The van der Waals surface area contributed by atoms with Gasteiger partial charge in [0, 0.05) is 17.6 Å². The molecule has 1 fully saturated rings. The molecule has 1 aliphatic rings. The second-order valence-corrected chi connectivity index (χ2v) is 11.4. The van der Waals surface area contributed by atoms with E-state index in [0.717, 1.165) is 36.1 Å². The van der Waals surface area contributed by atoms with Gasteiger partial charge >= 0.3 is 0 Å². The van der Waals surface area contributed by atoms with Crippen LogP contribution in [-0.4, -0.2) is 31.1 Å². The predicted molar refractivity (Wildman–Crippen MR) is 150 cm³/mol. The first-order valence-corrected chi connectivity index (χ1v) is 14.0. The first kappa shape index (κ1) is 25.7. The summed E-state index contributed by atoms with van der Waals surface area (Å²) in [7, 11) is 0. The van der Waals surface area contributed by atoms with E-state index in [1.807, 2.05) is 49.4 Å². The number of thioether (sulfide) groups is 1. The van der Waals surface area contributed by atoms with Crippen LogP contribution in [0.3, 0.4) is 0 Å². The molecule has 0 aliphatic carbocycles. The van der Waals surface area contributed by atoms with Crippen molar-refractivity contribution in [2.24, 2.45) is 5.92 Å². The Bertz CT molecular complexity index is 1330. The quantitative estimate of drug-likeness (QED) is 0.180. The Morgan fingerprint density at radius 3 is 2.63 bits per heavy atom. The zero-order valence-electron chi connectivity index (χ0n) is 20.2. The summed E-state index contributed by atoms with van der Waals surface area (Å²) in [5, 5.41) is 0.579. The Balaban J connectivity index is 1.74. The number of amides is 1. The fourth-order valence-electron chi connectivity index (χ4n) is 4.06. The van der Waals surface area contributed by atoms with Gasteiger partial charge in [-0.1, -0.05) is 93.1 Å². The Morgan fingerprint density at radius 2 is 1.91 bits per heavy atom. The summed E-state index contributed by atoms with van der Waals surface area (Å²) >= 11 is 8.27. The molecule has 1 unspecified atom stereocenters. The number of hydrogen-bond donors (Lipinski definition) is 0. The summed E-state index contributed by atoms with van der Waals surface area (Å²) in [4.78, 5) is 34.9. The predicted octanol–water partition coefficient (Wildman–Crippen LogP) is 6.57. The summed E-state index contributed by atoms with van der Waals surface area (Å²) in [6.07, 6.45) is 7.76. The number of nitrogens with zero attached hydrogens (tertiary/aromatic N) is 3. The zero-order valence-corrected chi connectivity index (χ0v) is 22.6. The lowest BCUT2D eigenvalue weighted by Crippen LogP contribution is -2.33. The van der Waals surface area contributed by atoms with Gasteiger partial charge in [-0.3, -0.25) is 18.9 Å². The van der Waals surface area contributed by atoms with Crippen LogP contribution < -0.4 is 5.56 Å². The molecule has 2 aromatic heterocycles. The number of pyridine rings is 1. The van der Waals surface area contributed by atoms with Crippen LogP contribution >= 0.6 is 35.7 Å². The molecular weight excluding hydrogens is 495 g/mol. The Hall–Kier alpha value is -2.42. The molecule has 5 nitrogen and oxygen atoms in total. The third-order valence-corrected chi connectivity index (χ3v) is 8.53. The van der Waals surface area contributed by atoms with E-state index in [1.165, 1.54) is 23.5 Å². The van der Waals surface area contributed by atoms with Crippen molar-refractivity contribution >= 4 is 57.7 Å². The summed E-state index contributed by atoms with van der Waals surface area (Å²) in [6, 6.07) is 13.6. The first-order chi connectivity index (χ1) is 16.9. The molecule has 3 heterocycles. The molecule has 8 heteroatoms. The van der Waals surface area contributed by atoms with Crippen LogP contribution in [0.2, 0.25) is 0 Å². The van der Waals surface area contributed by atoms with Crippen LogP contribution in [0.5, 0.6) is 0 Å². The molecule has 0 bridgehead atoms. The van der Waals surface area contributed by atoms with Crippen molar-refractivity contribution in [3.63, 3.8) is 0 Å². The average Bonchev–Trinajstić information content (AvgIpc) is 3.12. The highest BCUT2D eigenvalue weighted by Gasteiger charge is 2.33. The fraction of sp³-hybridized carbons (Fsp3) is 0.333. The fourth-order valence-corrected chi connectivity index (χ4v) is 6.22. The van der Waals surface area contributed by atoms with Gasteiger partial charge in [0.1, 0.15) is 15.0 Å². The van der Waals surface area contributed by atoms with Crippen LogP contribution in [-0.2, 0) is 4.79 Å². The molecule has 0 saturated carbocycles. The van der Waals surface area contributed by atoms with Crippen molar-refractivity contribution < 1.29 is 4.79 Å². The standard InChI is InChI=1S/C27H29N3O2S3/c1-4-6-12-19(5-2)17-30-26(32)22(35-27(30)33)16-21-24(34-20-13-8-7-9-14-20)28-23-18(3)11-10-15-29(23)25(21)31/h7-11,13-16,19H,4-6,12,17H2,1-3H3. The second-order valence-electron chi connectivity index (χ2n) is 8.64. The summed E-state index contributed by atoms with van der Waals surface area (Å²) in [6.45, 7) is 6.90. The minimum atomic E-state index is -0.197. The highest BCUT2D eigenvalue weighted by Crippen LogP contribution is 2.36. The van der Waals surface area contributed by atoms with Crippen LogP contribution in [0.15, 0.2) is 68.3 Å². The normalized spacial score (nSPS) is 16.0. The lowest BCUT2D eigenvalue weighted by molar-refractivity contribution is -0.122. The Labute approximate surface area is 220 Å². The molecule has 0 N–H and O–H groups in total. The largest absolute Gasteiger partial charge is 0.293 e. The minimum absolute atomic E-state index is 0.126. The topological polar surface area (TPSA) is 54.7 Å². The van der Waals surface area contributed by atoms with Crippen molar-refractivity contribution in [3.8, 4) is 0 Å². The molecule has 4 rings (SSSR count). The van der Waals surface area contributed by atoms with Crippen LogP contribution in [0.1, 0.15) is 50.7 Å². The maximum Gasteiger partial charge on any atom is 0.266 e. The van der Waals surface area contributed by atoms with E-state index in [9.17, 15) is 9.59 Å². The van der Waals surface area contributed by atoms with E-state index in [4.69, 9.17) is 17.2 Å². The SMILES string of the molecule is CCCCC(CC)CN1C(=O)C(=Cc2c(Sc3ccccc3)nc3c(C)cccn3c2=O)SC1=S. The highest BCUT2D eigenvalue weighted by atomic mass is 32.2. The van der Waals surface area contributed by atoms with Gasteiger partial charge in [0.2, 0.25) is 0 Å². The molecule has 0 spiro atoms. The van der Waals surface area contributed by atoms with Gasteiger partial charge in [-0.2, -0.15) is 0 Å². The van der Waals surface area contributed by atoms with Crippen molar-refractivity contribution in [1.29, 1.82) is 0 Å². The van der Waals surface area contributed by atoms with E-state index in [2.05, 4.69) is 13.8 Å². The van der Waals surface area contributed by atoms with Gasteiger partial charge in [0.15, 0.2) is 0 Å². The van der Waals surface area contributed by atoms with E-state index in [-0.39, 0.29) is 11.5 Å². The maximum atomic E-state index is 13.6. The number of benzene rings is 1. The van der Waals surface area contributed by atoms with Gasteiger partial charge in [-0.25, -0.2) is 4.98 Å². The Morgan fingerprint density at radius 1 is 1.14 bits per heavy atom. The molecular formula is C27H29N3O2S3. The van der Waals surface area contributed by atoms with Crippen molar-refractivity contribution in [2.45, 2.75) is 56.4 Å². The monoisotopic (exact) mass is 523 g/mol. The third-order valence-electron chi connectivity index (χ3n) is 6.14. The smallest absolute Gasteiger partial charge is 0.266 e. The van der Waals surface area contributed by atoms with Gasteiger partial charge in [-0.05, 0) is 49.1 Å². The average molecular weight is 524 g/mol. The summed E-state index contributed by atoms with van der Waals surface area (Å²) in [5.41, 5.74) is 1.73. The molecule has 1 aromatic carbocycles. The molecule has 35 heavy (non-hydrogen) atoms. The van der Waals surface area contributed by atoms with E-state index in [1.54, 1.807) is 21.6 Å². The minimum Gasteiger partial charge on any atom is -0.293 e. The van der Waals surface area contributed by atoms with Gasteiger partial charge in [-0.15, -0.1) is 0 Å². The molecule has 1 saturated heterocycles. The van der Waals surface area contributed by atoms with Gasteiger partial charge < -0.3 is 0 Å². The lowest BCUT2D eigenvalue weighted by Gasteiger charge is -2.21. The summed E-state index contributed by atoms with van der Waals surface area (Å²) < 4.78 is 2.10. The second kappa shape index (κ2) is 11.5. The molecule has 3 aromatic rings. The van der Waals surface area contributed by atoms with Crippen LogP contribution in [0.25, 0.3) is 11.7 Å². The molecule has 1 amide bonds. The van der Waals surface area contributed by atoms with Crippen molar-refractivity contribution in [3.05, 3.63) is 75.0 Å². The van der Waals surface area contributed by atoms with Crippen molar-refractivity contribution in [2.75, 3.05) is 6.54 Å². The number of hydrogen-bond acceptors (Lipinski definition) is 6. The van der Waals surface area contributed by atoms with Gasteiger partial charge in [0.25, 0.3) is 11.5 Å². The lowest BCUT2D eigenvalue weighted by atomic mass is 9.99. The molecule has 1 aliphatic heterocycles. The van der Waals surface area contributed by atoms with Gasteiger partial charge in [0.05, 0.1) is 10.5 Å². The summed E-state index contributed by atoms with van der Waals surface area (Å²) in [5.74, 6) is 0.288. The zero-order chi connectivity index (χ0) is 24.9. The molecule has 1 atom stereocenters. The number of thiocarbonyl (C=S) groups is 1. The van der Waals surface area contributed by atoms with Crippen molar-refractivity contribution in [1.82, 2.24) is 14.3 Å². The number of carbonyl (C=O) groups excluding carboxylic acids is 1. The van der Waals surface area contributed by atoms with Crippen LogP contribution in [0.4, 0.5) is 0 Å². The first-order valence-electron chi connectivity index (χ1n) is 11.9. The number of aromatic nitrogens is 2. The van der Waals surface area contributed by atoms with E-state index >= 15 is 0 Å². The highest BCUT2D eigenvalue weighted by molar-refractivity contribution is 8.26. The van der Waals surface area contributed by atoms with Crippen LogP contribution in [0, 0.1) is 12.8 Å². The number of aryl methyl sites for hydroxylation is 1. The van der Waals surface area contributed by atoms with E-state index in [0.29, 0.717) is 37.9 Å². The third kappa shape index (κ3) is 5.71. The number of rotatable bonds is 9. The number of unbranched alkanes of at least 4 members (excludes halogenated alkanes) is 1. The number of carbonyl (C=O) groups is 1. The molecule has 0 radical (unpaired) electrons.